The van der Waals surface area contributed by atoms with Crippen molar-refractivity contribution in [2.75, 3.05) is 6.54 Å². The first-order chi connectivity index (χ1) is 7.68. The Hall–Kier alpha value is -0.830. The van der Waals surface area contributed by atoms with Gasteiger partial charge in [-0.3, -0.25) is 4.68 Å². The van der Waals surface area contributed by atoms with Gasteiger partial charge in [-0.1, -0.05) is 6.42 Å². The average Bonchev–Trinajstić information content (AvgIpc) is 2.56. The van der Waals surface area contributed by atoms with E-state index >= 15 is 0 Å². The molecule has 1 aliphatic heterocycles. The SMILES string of the molecule is Cc1nn(CCC2CCCCN2)c(C)c1C. The van der Waals surface area contributed by atoms with Crippen LogP contribution in [-0.4, -0.2) is 22.4 Å². The molecule has 90 valence electrons. The van der Waals surface area contributed by atoms with Crippen molar-refractivity contribution in [3.63, 3.8) is 0 Å². The van der Waals surface area contributed by atoms with Gasteiger partial charge in [0.2, 0.25) is 0 Å². The molecule has 1 fully saturated rings. The van der Waals surface area contributed by atoms with Crippen LogP contribution >= 0.6 is 0 Å². The van der Waals surface area contributed by atoms with Crippen LogP contribution in [0, 0.1) is 20.8 Å². The molecule has 0 bridgehead atoms. The van der Waals surface area contributed by atoms with Crippen molar-refractivity contribution in [3.05, 3.63) is 17.0 Å². The summed E-state index contributed by atoms with van der Waals surface area (Å²) in [5.74, 6) is 0. The Balaban J connectivity index is 1.91. The molecule has 3 heteroatoms. The zero-order valence-corrected chi connectivity index (χ0v) is 10.7. The van der Waals surface area contributed by atoms with Crippen LogP contribution in [0.3, 0.4) is 0 Å². The van der Waals surface area contributed by atoms with Crippen molar-refractivity contribution in [1.82, 2.24) is 15.1 Å². The van der Waals surface area contributed by atoms with Crippen LogP contribution in [0.4, 0.5) is 0 Å². The molecule has 0 amide bonds. The normalized spacial score (nSPS) is 21.3. The molecule has 0 aromatic carbocycles. The molecule has 1 saturated heterocycles. The Kier molecular flexibility index (Phi) is 3.64. The molecular formula is C13H23N3. The minimum Gasteiger partial charge on any atom is -0.314 e. The Morgan fingerprint density at radius 2 is 2.12 bits per heavy atom. The predicted octanol–water partition coefficient (Wildman–Crippen LogP) is 2.34. The fourth-order valence-corrected chi connectivity index (χ4v) is 2.45. The molecule has 3 nitrogen and oxygen atoms in total. The fraction of sp³-hybridized carbons (Fsp3) is 0.769. The fourth-order valence-electron chi connectivity index (χ4n) is 2.45. The maximum Gasteiger partial charge on any atom is 0.0625 e. The average molecular weight is 221 g/mol. The van der Waals surface area contributed by atoms with Gasteiger partial charge >= 0.3 is 0 Å². The first-order valence-corrected chi connectivity index (χ1v) is 6.42. The van der Waals surface area contributed by atoms with Gasteiger partial charge in [0, 0.05) is 18.3 Å². The zero-order chi connectivity index (χ0) is 11.5. The van der Waals surface area contributed by atoms with Crippen LogP contribution in [0.1, 0.15) is 42.6 Å². The summed E-state index contributed by atoms with van der Waals surface area (Å²) < 4.78 is 2.17. The number of nitrogens with one attached hydrogen (secondary N) is 1. The quantitative estimate of drug-likeness (QED) is 0.849. The summed E-state index contributed by atoms with van der Waals surface area (Å²) in [6.07, 6.45) is 5.27. The second-order valence-electron chi connectivity index (χ2n) is 4.95. The maximum atomic E-state index is 4.58. The van der Waals surface area contributed by atoms with Gasteiger partial charge in [0.25, 0.3) is 0 Å². The van der Waals surface area contributed by atoms with Crippen molar-refractivity contribution >= 4 is 0 Å². The predicted molar refractivity (Wildman–Crippen MR) is 66.7 cm³/mol. The third kappa shape index (κ3) is 2.46. The molecule has 1 atom stereocenters. The van der Waals surface area contributed by atoms with E-state index < -0.39 is 0 Å². The Morgan fingerprint density at radius 1 is 1.31 bits per heavy atom. The summed E-state index contributed by atoms with van der Waals surface area (Å²) in [6.45, 7) is 8.67. The van der Waals surface area contributed by atoms with E-state index in [1.54, 1.807) is 0 Å². The molecule has 1 aromatic heterocycles. The first-order valence-electron chi connectivity index (χ1n) is 6.42. The number of hydrogen-bond donors (Lipinski definition) is 1. The lowest BCUT2D eigenvalue weighted by Gasteiger charge is -2.23. The molecule has 2 heterocycles. The Morgan fingerprint density at radius 3 is 2.69 bits per heavy atom. The highest BCUT2D eigenvalue weighted by atomic mass is 15.3. The van der Waals surface area contributed by atoms with Gasteiger partial charge in [0.1, 0.15) is 0 Å². The molecule has 1 aromatic rings. The van der Waals surface area contributed by atoms with E-state index in [1.807, 2.05) is 0 Å². The van der Waals surface area contributed by atoms with Crippen molar-refractivity contribution in [2.45, 2.75) is 59.0 Å². The van der Waals surface area contributed by atoms with Crippen molar-refractivity contribution in [2.24, 2.45) is 0 Å². The highest BCUT2D eigenvalue weighted by molar-refractivity contribution is 5.22. The van der Waals surface area contributed by atoms with Crippen molar-refractivity contribution in [3.8, 4) is 0 Å². The van der Waals surface area contributed by atoms with Gasteiger partial charge in [-0.15, -0.1) is 0 Å². The van der Waals surface area contributed by atoms with Crippen LogP contribution < -0.4 is 5.32 Å². The molecule has 0 radical (unpaired) electrons. The summed E-state index contributed by atoms with van der Waals surface area (Å²) in [4.78, 5) is 0. The Bertz CT molecular complexity index is 348. The molecule has 0 saturated carbocycles. The van der Waals surface area contributed by atoms with Gasteiger partial charge in [0.05, 0.1) is 5.69 Å². The van der Waals surface area contributed by atoms with E-state index in [4.69, 9.17) is 0 Å². The summed E-state index contributed by atoms with van der Waals surface area (Å²) >= 11 is 0. The minimum absolute atomic E-state index is 0.706. The zero-order valence-electron chi connectivity index (χ0n) is 10.7. The van der Waals surface area contributed by atoms with E-state index in [2.05, 4.69) is 35.9 Å². The summed E-state index contributed by atoms with van der Waals surface area (Å²) in [6, 6.07) is 0.706. The molecule has 1 aliphatic rings. The van der Waals surface area contributed by atoms with E-state index in [0.717, 1.165) is 6.54 Å². The largest absolute Gasteiger partial charge is 0.314 e. The molecule has 2 rings (SSSR count). The summed E-state index contributed by atoms with van der Waals surface area (Å²) in [5.41, 5.74) is 3.85. The first kappa shape index (κ1) is 11.6. The molecular weight excluding hydrogens is 198 g/mol. The number of piperidine rings is 1. The monoisotopic (exact) mass is 221 g/mol. The smallest absolute Gasteiger partial charge is 0.0625 e. The standard InChI is InChI=1S/C13H23N3/c1-10-11(2)15-16(12(10)3)9-7-13-6-4-5-8-14-13/h13-14H,4-9H2,1-3H3. The second kappa shape index (κ2) is 5.00. The number of rotatable bonds is 3. The topological polar surface area (TPSA) is 29.9 Å². The summed E-state index contributed by atoms with van der Waals surface area (Å²) in [5, 5.41) is 8.17. The van der Waals surface area contributed by atoms with Gasteiger partial charge in [-0.05, 0) is 52.1 Å². The molecule has 1 N–H and O–H groups in total. The van der Waals surface area contributed by atoms with E-state index in [1.165, 1.54) is 49.2 Å². The van der Waals surface area contributed by atoms with Crippen LogP contribution in [0.25, 0.3) is 0 Å². The molecule has 0 spiro atoms. The van der Waals surface area contributed by atoms with Crippen molar-refractivity contribution < 1.29 is 0 Å². The van der Waals surface area contributed by atoms with Crippen LogP contribution in [-0.2, 0) is 6.54 Å². The van der Waals surface area contributed by atoms with Gasteiger partial charge in [-0.2, -0.15) is 5.10 Å². The second-order valence-corrected chi connectivity index (χ2v) is 4.95. The van der Waals surface area contributed by atoms with Crippen LogP contribution in [0.15, 0.2) is 0 Å². The highest BCUT2D eigenvalue weighted by Gasteiger charge is 2.13. The molecule has 1 unspecified atom stereocenters. The third-order valence-electron chi connectivity index (χ3n) is 3.85. The van der Waals surface area contributed by atoms with Crippen molar-refractivity contribution in [1.29, 1.82) is 0 Å². The molecule has 16 heavy (non-hydrogen) atoms. The minimum atomic E-state index is 0.706. The van der Waals surface area contributed by atoms with Crippen LogP contribution in [0.5, 0.6) is 0 Å². The maximum absolute atomic E-state index is 4.58. The lowest BCUT2D eigenvalue weighted by atomic mass is 10.0. The number of hydrogen-bond acceptors (Lipinski definition) is 2. The van der Waals surface area contributed by atoms with Gasteiger partial charge in [-0.25, -0.2) is 0 Å². The summed E-state index contributed by atoms with van der Waals surface area (Å²) in [7, 11) is 0. The Labute approximate surface area is 98.2 Å². The molecule has 0 aliphatic carbocycles. The van der Waals surface area contributed by atoms with E-state index in [0.29, 0.717) is 6.04 Å². The number of aryl methyl sites for hydroxylation is 2. The number of nitrogens with zero attached hydrogens (tertiary/aromatic N) is 2. The third-order valence-corrected chi connectivity index (χ3v) is 3.85. The van der Waals surface area contributed by atoms with E-state index in [-0.39, 0.29) is 0 Å². The van der Waals surface area contributed by atoms with E-state index in [9.17, 15) is 0 Å². The highest BCUT2D eigenvalue weighted by Crippen LogP contribution is 2.14. The van der Waals surface area contributed by atoms with Gasteiger partial charge in [0.15, 0.2) is 0 Å². The number of aromatic nitrogens is 2. The lowest BCUT2D eigenvalue weighted by Crippen LogP contribution is -2.34. The lowest BCUT2D eigenvalue weighted by molar-refractivity contribution is 0.359. The van der Waals surface area contributed by atoms with Crippen LogP contribution in [0.2, 0.25) is 0 Å². The van der Waals surface area contributed by atoms with Gasteiger partial charge < -0.3 is 5.32 Å².